The quantitative estimate of drug-likeness (QED) is 0.628. The van der Waals surface area contributed by atoms with E-state index in [0.717, 1.165) is 12.1 Å². The molecule has 0 aliphatic rings. The molecule has 0 radical (unpaired) electrons. The van der Waals surface area contributed by atoms with Crippen LogP contribution in [0.5, 0.6) is 0 Å². The molecule has 0 N–H and O–H groups in total. The Hall–Kier alpha value is -0.860. The van der Waals surface area contributed by atoms with Crippen LogP contribution in [0, 0.1) is 0 Å². The summed E-state index contributed by atoms with van der Waals surface area (Å²) in [5.41, 5.74) is 1.14. The molecule has 0 aliphatic carbocycles. The van der Waals surface area contributed by atoms with Crippen LogP contribution >= 0.6 is 0 Å². The zero-order chi connectivity index (χ0) is 11.8. The Kier molecular flexibility index (Phi) is 6.12. The average molecular weight is 223 g/mol. The predicted octanol–water partition coefficient (Wildman–Crippen LogP) is 3.76. The Bertz CT molecular complexity index is 278. The van der Waals surface area contributed by atoms with E-state index in [1.54, 1.807) is 0 Å². The van der Waals surface area contributed by atoms with Gasteiger partial charge in [-0.15, -0.1) is 5.10 Å². The molecule has 0 fully saturated rings. The number of nitrogens with zero attached hydrogens (tertiary/aromatic N) is 3. The van der Waals surface area contributed by atoms with Crippen molar-refractivity contribution in [3.05, 3.63) is 11.9 Å². The molecule has 1 aromatic rings. The highest BCUT2D eigenvalue weighted by atomic mass is 15.4. The second-order valence-electron chi connectivity index (χ2n) is 4.80. The van der Waals surface area contributed by atoms with Crippen LogP contribution in [0.15, 0.2) is 6.20 Å². The third-order valence-electron chi connectivity index (χ3n) is 2.87. The molecule has 0 unspecified atom stereocenters. The van der Waals surface area contributed by atoms with Gasteiger partial charge in [0, 0.05) is 12.2 Å². The largest absolute Gasteiger partial charge is 0.250 e. The van der Waals surface area contributed by atoms with Crippen LogP contribution in [0.3, 0.4) is 0 Å². The molecule has 1 aromatic heterocycles. The Morgan fingerprint density at radius 1 is 1.12 bits per heavy atom. The number of rotatable bonds is 8. The van der Waals surface area contributed by atoms with Gasteiger partial charge in [-0.3, -0.25) is 0 Å². The molecule has 1 rings (SSSR count). The first kappa shape index (κ1) is 13.2. The van der Waals surface area contributed by atoms with Gasteiger partial charge >= 0.3 is 0 Å². The van der Waals surface area contributed by atoms with E-state index < -0.39 is 0 Å². The molecule has 0 atom stereocenters. The second kappa shape index (κ2) is 7.42. The van der Waals surface area contributed by atoms with Gasteiger partial charge in [0.15, 0.2) is 0 Å². The van der Waals surface area contributed by atoms with Crippen LogP contribution in [0.1, 0.15) is 71.0 Å². The fourth-order valence-corrected chi connectivity index (χ4v) is 1.77. The molecule has 0 spiro atoms. The van der Waals surface area contributed by atoms with Crippen molar-refractivity contribution in [1.29, 1.82) is 0 Å². The van der Waals surface area contributed by atoms with Crippen molar-refractivity contribution in [2.75, 3.05) is 0 Å². The lowest BCUT2D eigenvalue weighted by Gasteiger charge is -2.01. The lowest BCUT2D eigenvalue weighted by atomic mass is 10.1. The van der Waals surface area contributed by atoms with Crippen LogP contribution in [-0.4, -0.2) is 15.0 Å². The minimum absolute atomic E-state index is 0.422. The second-order valence-corrected chi connectivity index (χ2v) is 4.80. The summed E-state index contributed by atoms with van der Waals surface area (Å²) in [6.07, 6.45) is 11.2. The maximum atomic E-state index is 4.18. The first-order valence-corrected chi connectivity index (χ1v) is 6.64. The Morgan fingerprint density at radius 3 is 2.44 bits per heavy atom. The molecule has 0 saturated heterocycles. The number of aromatic nitrogens is 3. The highest BCUT2D eigenvalue weighted by Crippen LogP contribution is 2.09. The van der Waals surface area contributed by atoms with Gasteiger partial charge < -0.3 is 0 Å². The number of hydrogen-bond donors (Lipinski definition) is 0. The molecular weight excluding hydrogens is 198 g/mol. The Labute approximate surface area is 99.2 Å². The zero-order valence-electron chi connectivity index (χ0n) is 10.9. The van der Waals surface area contributed by atoms with Gasteiger partial charge in [-0.05, 0) is 26.7 Å². The summed E-state index contributed by atoms with van der Waals surface area (Å²) in [5, 5.41) is 8.30. The van der Waals surface area contributed by atoms with Crippen molar-refractivity contribution < 1.29 is 0 Å². The molecule has 1 heterocycles. The average Bonchev–Trinajstić information content (AvgIpc) is 2.72. The van der Waals surface area contributed by atoms with E-state index in [4.69, 9.17) is 0 Å². The van der Waals surface area contributed by atoms with Gasteiger partial charge in [0.1, 0.15) is 0 Å². The van der Waals surface area contributed by atoms with Crippen molar-refractivity contribution in [1.82, 2.24) is 15.0 Å². The first-order valence-electron chi connectivity index (χ1n) is 6.64. The molecule has 92 valence electrons. The SMILES string of the molecule is CCCCCCCCc1cn(C(C)C)nn1. The Balaban J connectivity index is 2.12. The molecule has 0 amide bonds. The summed E-state index contributed by atoms with van der Waals surface area (Å²) in [4.78, 5) is 0. The lowest BCUT2D eigenvalue weighted by Crippen LogP contribution is -2.00. The van der Waals surface area contributed by atoms with Gasteiger partial charge in [-0.2, -0.15) is 0 Å². The van der Waals surface area contributed by atoms with Crippen molar-refractivity contribution in [2.45, 2.75) is 71.8 Å². The summed E-state index contributed by atoms with van der Waals surface area (Å²) >= 11 is 0. The molecule has 3 nitrogen and oxygen atoms in total. The lowest BCUT2D eigenvalue weighted by molar-refractivity contribution is 0.514. The van der Waals surface area contributed by atoms with Crippen LogP contribution in [0.4, 0.5) is 0 Å². The molecule has 16 heavy (non-hydrogen) atoms. The van der Waals surface area contributed by atoms with Crippen LogP contribution < -0.4 is 0 Å². The molecule has 3 heteroatoms. The van der Waals surface area contributed by atoms with Gasteiger partial charge in [-0.25, -0.2) is 4.68 Å². The monoisotopic (exact) mass is 223 g/mol. The van der Waals surface area contributed by atoms with Gasteiger partial charge in [0.25, 0.3) is 0 Å². The van der Waals surface area contributed by atoms with Crippen molar-refractivity contribution in [2.24, 2.45) is 0 Å². The van der Waals surface area contributed by atoms with E-state index in [9.17, 15) is 0 Å². The number of aryl methyl sites for hydroxylation is 1. The maximum absolute atomic E-state index is 4.18. The smallest absolute Gasteiger partial charge is 0.0827 e. The fraction of sp³-hybridized carbons (Fsp3) is 0.846. The maximum Gasteiger partial charge on any atom is 0.0827 e. The summed E-state index contributed by atoms with van der Waals surface area (Å²) in [5.74, 6) is 0. The van der Waals surface area contributed by atoms with E-state index in [1.807, 2.05) is 4.68 Å². The van der Waals surface area contributed by atoms with Crippen LogP contribution in [-0.2, 0) is 6.42 Å². The number of hydrogen-bond acceptors (Lipinski definition) is 2. The van der Waals surface area contributed by atoms with E-state index in [-0.39, 0.29) is 0 Å². The van der Waals surface area contributed by atoms with Crippen molar-refractivity contribution in [3.8, 4) is 0 Å². The minimum atomic E-state index is 0.422. The summed E-state index contributed by atoms with van der Waals surface area (Å²) in [7, 11) is 0. The van der Waals surface area contributed by atoms with Gasteiger partial charge in [0.05, 0.1) is 5.69 Å². The normalized spacial score (nSPS) is 11.2. The van der Waals surface area contributed by atoms with Crippen molar-refractivity contribution in [3.63, 3.8) is 0 Å². The molecule has 0 bridgehead atoms. The number of unbranched alkanes of at least 4 members (excludes halogenated alkanes) is 5. The summed E-state index contributed by atoms with van der Waals surface area (Å²) in [6.45, 7) is 6.51. The first-order chi connectivity index (χ1) is 7.74. The van der Waals surface area contributed by atoms with Gasteiger partial charge in [-0.1, -0.05) is 44.2 Å². The molecule has 0 aromatic carbocycles. The van der Waals surface area contributed by atoms with E-state index in [0.29, 0.717) is 6.04 Å². The highest BCUT2D eigenvalue weighted by molar-refractivity contribution is 4.92. The topological polar surface area (TPSA) is 30.7 Å². The third-order valence-corrected chi connectivity index (χ3v) is 2.87. The highest BCUT2D eigenvalue weighted by Gasteiger charge is 2.02. The summed E-state index contributed by atoms with van der Waals surface area (Å²) in [6, 6.07) is 0.422. The standard InChI is InChI=1S/C13H25N3/c1-4-5-6-7-8-9-10-13-11-16(12(2)3)15-14-13/h11-12H,4-10H2,1-3H3. The molecule has 0 aliphatic heterocycles. The van der Waals surface area contributed by atoms with Gasteiger partial charge in [0.2, 0.25) is 0 Å². The Morgan fingerprint density at radius 2 is 1.81 bits per heavy atom. The summed E-state index contributed by atoms with van der Waals surface area (Å²) < 4.78 is 1.94. The predicted molar refractivity (Wildman–Crippen MR) is 67.5 cm³/mol. The molecule has 0 saturated carbocycles. The van der Waals surface area contributed by atoms with Crippen molar-refractivity contribution >= 4 is 0 Å². The molecular formula is C13H25N3. The minimum Gasteiger partial charge on any atom is -0.250 e. The van der Waals surface area contributed by atoms with E-state index in [2.05, 4.69) is 37.3 Å². The zero-order valence-corrected chi connectivity index (χ0v) is 10.9. The van der Waals surface area contributed by atoms with E-state index in [1.165, 1.54) is 38.5 Å². The fourth-order valence-electron chi connectivity index (χ4n) is 1.77. The van der Waals surface area contributed by atoms with Crippen LogP contribution in [0.2, 0.25) is 0 Å². The van der Waals surface area contributed by atoms with E-state index >= 15 is 0 Å². The third kappa shape index (κ3) is 4.77. The van der Waals surface area contributed by atoms with Crippen LogP contribution in [0.25, 0.3) is 0 Å².